The maximum atomic E-state index is 11.2. The van der Waals surface area contributed by atoms with E-state index >= 15 is 0 Å². The van der Waals surface area contributed by atoms with Crippen molar-refractivity contribution in [3.05, 3.63) is 45.3 Å². The Kier molecular flexibility index (Phi) is 31.4. The van der Waals surface area contributed by atoms with Gasteiger partial charge in [0.2, 0.25) is 0 Å². The molecule has 0 aromatic heterocycles. The fourth-order valence-electron chi connectivity index (χ4n) is 4.98. The van der Waals surface area contributed by atoms with Gasteiger partial charge in [-0.25, -0.2) is 4.79 Å². The minimum Gasteiger partial charge on any atom is -1.00 e. The SMILES string of the molecule is CNC1CCN(c2ccc(Br)c(OC)c2)CC1.COc1cc(N2CCC(N(C)C(=O)Cl)CC2)ccc1Br.O=C(OC(Cl)(Cl)Cl)OC(Cl)(Cl)Cl.O=CO[O-].[H-].[Na+].[Na+]. The molecule has 0 saturated carbocycles. The molecular formula is C31H39Br2Cl7N4Na2O9. The Balaban J connectivity index is -0.000000717. The van der Waals surface area contributed by atoms with Crippen LogP contribution in [0, 0.1) is 0 Å². The standard InChI is InChI=1S/C14H18BrClN2O2.C13H19BrN2O.C3Cl6O3.CH2O3.2Na.H/c1-17(14(16)19)10-5-7-18(8-6-10)11-3-4-12(15)13(9-11)20-2;1-15-10-5-7-16(8-6-10)11-3-4-12(14)13(9-11)17-2;4-2(5,6)11-1(10)12-3(7,8)9;2-1-4-3;;;/h3-4,9-10H,5-8H2,1-2H3;3-4,9-10,15H,5-8H2,1-2H3;;1,3H;;;/q;;;;2*+1;-1/p-1. The molecule has 24 heteroatoms. The Bertz CT molecular complexity index is 1430. The maximum Gasteiger partial charge on any atom is 1.00 e. The van der Waals surface area contributed by atoms with Crippen LogP contribution in [-0.4, -0.2) is 97.4 Å². The van der Waals surface area contributed by atoms with E-state index in [0.717, 1.165) is 65.2 Å². The number of carbonyl (C=O) groups excluding carboxylic acids is 3. The van der Waals surface area contributed by atoms with Crippen LogP contribution >= 0.6 is 113 Å². The average Bonchev–Trinajstić information content (AvgIpc) is 3.11. The van der Waals surface area contributed by atoms with Gasteiger partial charge in [-0.2, -0.15) is 0 Å². The van der Waals surface area contributed by atoms with Crippen molar-refractivity contribution < 1.29 is 104 Å². The number of hydrogen-bond donors (Lipinski definition) is 1. The monoisotopic (exact) mass is 1060 g/mol. The number of ether oxygens (including phenoxy) is 4. The van der Waals surface area contributed by atoms with Gasteiger partial charge in [0.1, 0.15) is 11.5 Å². The van der Waals surface area contributed by atoms with Crippen LogP contribution in [-0.2, 0) is 19.2 Å². The van der Waals surface area contributed by atoms with Gasteiger partial charge in [0.05, 0.1) is 23.2 Å². The number of alkyl halides is 6. The molecule has 2 aromatic rings. The topological polar surface area (TPSA) is 142 Å². The van der Waals surface area contributed by atoms with Crippen LogP contribution in [0.1, 0.15) is 27.1 Å². The van der Waals surface area contributed by atoms with E-state index in [0.29, 0.717) is 6.04 Å². The molecule has 1 amide bonds. The number of piperidine rings is 2. The predicted octanol–water partition coefficient (Wildman–Crippen LogP) is 2.71. The minimum atomic E-state index is -2.24. The number of methoxy groups -OCH3 is 2. The number of anilines is 2. The molecular weight excluding hydrogens is 1030 g/mol. The molecule has 0 atom stereocenters. The number of nitrogens with one attached hydrogen (secondary N) is 1. The van der Waals surface area contributed by atoms with E-state index in [1.54, 1.807) is 26.2 Å². The Morgan fingerprint density at radius 3 is 1.49 bits per heavy atom. The van der Waals surface area contributed by atoms with Gasteiger partial charge in [0.25, 0.3) is 6.47 Å². The maximum absolute atomic E-state index is 11.2. The average molecular weight is 1070 g/mol. The molecule has 0 spiro atoms. The van der Waals surface area contributed by atoms with Crippen LogP contribution in [0.15, 0.2) is 45.3 Å². The molecule has 13 nitrogen and oxygen atoms in total. The number of halogens is 9. The summed E-state index contributed by atoms with van der Waals surface area (Å²) in [5, 5.41) is 11.4. The molecule has 2 heterocycles. The molecule has 0 aliphatic carbocycles. The summed E-state index contributed by atoms with van der Waals surface area (Å²) in [4.78, 5) is 39.3. The predicted molar refractivity (Wildman–Crippen MR) is 216 cm³/mol. The van der Waals surface area contributed by atoms with Crippen LogP contribution in [0.3, 0.4) is 0 Å². The molecule has 2 aliphatic rings. The number of amides is 1. The quantitative estimate of drug-likeness (QED) is 0.0638. The number of rotatable bonds is 7. The number of carbonyl (C=O) groups is 3. The van der Waals surface area contributed by atoms with Gasteiger partial charge in [0.15, 0.2) is 0 Å². The summed E-state index contributed by atoms with van der Waals surface area (Å²) >= 11 is 42.7. The first-order valence-electron chi connectivity index (χ1n) is 15.3. The van der Waals surface area contributed by atoms with E-state index < -0.39 is 14.1 Å². The second-order valence-electron chi connectivity index (χ2n) is 10.8. The Labute approximate surface area is 418 Å². The van der Waals surface area contributed by atoms with E-state index in [1.807, 2.05) is 19.2 Å². The first-order chi connectivity index (χ1) is 24.8. The molecule has 0 bridgehead atoms. The van der Waals surface area contributed by atoms with Crippen molar-refractivity contribution >= 4 is 142 Å². The molecule has 2 fully saturated rings. The van der Waals surface area contributed by atoms with Crippen molar-refractivity contribution in [1.29, 1.82) is 0 Å². The summed E-state index contributed by atoms with van der Waals surface area (Å²) in [6.45, 7) is 3.85. The van der Waals surface area contributed by atoms with E-state index in [-0.39, 0.29) is 78.4 Å². The van der Waals surface area contributed by atoms with Gasteiger partial charge >= 0.3 is 78.6 Å². The molecule has 2 aromatic carbocycles. The van der Waals surface area contributed by atoms with E-state index in [2.05, 4.69) is 85.6 Å². The smallest absolute Gasteiger partial charge is 1.00 e. The van der Waals surface area contributed by atoms with Crippen LogP contribution in [0.25, 0.3) is 0 Å². The largest absolute Gasteiger partial charge is 1.00 e. The van der Waals surface area contributed by atoms with Crippen LogP contribution in [0.5, 0.6) is 11.5 Å². The van der Waals surface area contributed by atoms with E-state index in [1.165, 1.54) is 18.5 Å². The summed E-state index contributed by atoms with van der Waals surface area (Å²) in [5.41, 5.74) is 2.39. The van der Waals surface area contributed by atoms with Gasteiger partial charge in [-0.3, -0.25) is 9.59 Å². The molecule has 0 radical (unpaired) electrons. The van der Waals surface area contributed by atoms with E-state index in [4.69, 9.17) is 101 Å². The first kappa shape index (κ1) is 57.9. The first-order valence-corrected chi connectivity index (χ1v) is 19.6. The van der Waals surface area contributed by atoms with Crippen LogP contribution < -0.4 is 89.0 Å². The Hall–Kier alpha value is 0.760. The fraction of sp³-hybridized carbons (Fsp3) is 0.516. The van der Waals surface area contributed by atoms with Crippen molar-refractivity contribution in [2.24, 2.45) is 0 Å². The van der Waals surface area contributed by atoms with Gasteiger partial charge in [-0.15, -0.1) is 0 Å². The Morgan fingerprint density at radius 1 is 0.836 bits per heavy atom. The van der Waals surface area contributed by atoms with Crippen molar-refractivity contribution in [2.45, 2.75) is 45.7 Å². The molecule has 4 rings (SSSR count). The molecule has 2 saturated heterocycles. The second-order valence-corrected chi connectivity index (χ2v) is 17.2. The second kappa shape index (κ2) is 29.9. The number of nitrogens with zero attached hydrogens (tertiary/aromatic N) is 3. The zero-order chi connectivity index (χ0) is 40.4. The normalized spacial score (nSPS) is 14.3. The van der Waals surface area contributed by atoms with Crippen molar-refractivity contribution in [2.75, 3.05) is 64.3 Å². The molecule has 0 unspecified atom stereocenters. The van der Waals surface area contributed by atoms with Crippen molar-refractivity contribution in [3.63, 3.8) is 0 Å². The number of benzene rings is 2. The minimum absolute atomic E-state index is 0. The zero-order valence-electron chi connectivity index (χ0n) is 31.8. The third-order valence-corrected chi connectivity index (χ3v) is 9.67. The van der Waals surface area contributed by atoms with Crippen molar-refractivity contribution in [3.8, 4) is 11.5 Å². The zero-order valence-corrected chi connectivity index (χ0v) is 43.2. The van der Waals surface area contributed by atoms with Crippen LogP contribution in [0.4, 0.5) is 21.0 Å². The summed E-state index contributed by atoms with van der Waals surface area (Å²) in [7, 11) is 7.18. The van der Waals surface area contributed by atoms with Gasteiger partial charge in [-0.1, -0.05) is 0 Å². The molecule has 55 heavy (non-hydrogen) atoms. The van der Waals surface area contributed by atoms with Gasteiger partial charge in [0, 0.05) is 68.8 Å². The molecule has 302 valence electrons. The third-order valence-electron chi connectivity index (χ3n) is 7.63. The summed E-state index contributed by atoms with van der Waals surface area (Å²) in [6, 6.07) is 13.3. The third kappa shape index (κ3) is 24.0. The summed E-state index contributed by atoms with van der Waals surface area (Å²) in [6.07, 6.45) is 2.85. The van der Waals surface area contributed by atoms with Crippen LogP contribution in [0.2, 0.25) is 0 Å². The van der Waals surface area contributed by atoms with E-state index in [9.17, 15) is 9.59 Å². The molecule has 2 aliphatic heterocycles. The van der Waals surface area contributed by atoms with Crippen molar-refractivity contribution in [1.82, 2.24) is 10.2 Å². The fourth-order valence-corrected chi connectivity index (χ4v) is 6.31. The summed E-state index contributed by atoms with van der Waals surface area (Å²) in [5.74, 6) is 1.73. The van der Waals surface area contributed by atoms with Gasteiger partial charge in [-0.05, 0) is 170 Å². The van der Waals surface area contributed by atoms with Gasteiger partial charge < -0.3 is 50.5 Å². The summed E-state index contributed by atoms with van der Waals surface area (Å²) < 4.78 is 16.1. The molecule has 1 N–H and O–H groups in total. The number of hydrogen-bond acceptors (Lipinski definition) is 12. The Morgan fingerprint density at radius 2 is 1.20 bits per heavy atom.